The normalized spacial score (nSPS) is 27.2. The number of halogens is 6. The third-order valence-electron chi connectivity index (χ3n) is 9.65. The molecule has 4 fully saturated rings. The lowest BCUT2D eigenvalue weighted by Gasteiger charge is -2.31. The summed E-state index contributed by atoms with van der Waals surface area (Å²) in [6.45, 7) is 3.67. The molecule has 236 valence electrons. The highest BCUT2D eigenvalue weighted by Crippen LogP contribution is 2.45. The molecule has 4 aliphatic rings. The minimum absolute atomic E-state index is 0.112. The Morgan fingerprint density at radius 1 is 1.11 bits per heavy atom. The number of aryl methyl sites for hydroxylation is 1. The highest BCUT2D eigenvalue weighted by Gasteiger charge is 2.49. The first kappa shape index (κ1) is 29.7. The van der Waals surface area contributed by atoms with Gasteiger partial charge in [0.25, 0.3) is 0 Å². The average Bonchev–Trinajstić information content (AvgIpc) is 3.57. The number of nitrogens with zero attached hydrogens (tertiary/aromatic N) is 5. The first-order valence-corrected chi connectivity index (χ1v) is 15.4. The van der Waals surface area contributed by atoms with Crippen LogP contribution in [0.25, 0.3) is 22.2 Å². The maximum absolute atomic E-state index is 16.6. The Bertz CT molecular complexity index is 1620. The topological polar surface area (TPSA) is 92.4 Å². The summed E-state index contributed by atoms with van der Waals surface area (Å²) in [6.07, 6.45) is -0.938. The summed E-state index contributed by atoms with van der Waals surface area (Å²) >= 11 is 6.59. The van der Waals surface area contributed by atoms with Gasteiger partial charge in [-0.2, -0.15) is 23.1 Å². The van der Waals surface area contributed by atoms with Crippen LogP contribution in [0.4, 0.5) is 33.6 Å². The fourth-order valence-corrected chi connectivity index (χ4v) is 7.98. The Kier molecular flexibility index (Phi) is 7.28. The summed E-state index contributed by atoms with van der Waals surface area (Å²) < 4.78 is 79.9. The molecule has 0 unspecified atom stereocenters. The average molecular weight is 638 g/mol. The van der Waals surface area contributed by atoms with Crippen LogP contribution < -0.4 is 20.7 Å². The van der Waals surface area contributed by atoms with Gasteiger partial charge in [-0.1, -0.05) is 11.6 Å². The molecular weight excluding hydrogens is 605 g/mol. The highest BCUT2D eigenvalue weighted by atomic mass is 35.5. The molecule has 3 aromatic rings. The van der Waals surface area contributed by atoms with E-state index in [4.69, 9.17) is 27.1 Å². The third kappa shape index (κ3) is 5.10. The number of nitrogen functional groups attached to an aromatic ring is 1. The number of alkyl halides is 4. The van der Waals surface area contributed by atoms with Gasteiger partial charge in [0.05, 0.1) is 27.4 Å². The molecule has 0 aliphatic carbocycles. The largest absolute Gasteiger partial charge is 0.461 e. The van der Waals surface area contributed by atoms with Crippen LogP contribution in [0.5, 0.6) is 6.01 Å². The van der Waals surface area contributed by atoms with Gasteiger partial charge in [0, 0.05) is 43.5 Å². The summed E-state index contributed by atoms with van der Waals surface area (Å²) in [5.41, 5.74) is 2.49. The molecule has 2 bridgehead atoms. The van der Waals surface area contributed by atoms with E-state index in [-0.39, 0.29) is 46.0 Å². The molecule has 0 spiro atoms. The van der Waals surface area contributed by atoms with Crippen molar-refractivity contribution in [3.63, 3.8) is 0 Å². The Morgan fingerprint density at radius 2 is 1.91 bits per heavy atom. The number of ether oxygens (including phenoxy) is 1. The van der Waals surface area contributed by atoms with Crippen molar-refractivity contribution in [2.24, 2.45) is 0 Å². The molecule has 1 aromatic carbocycles. The number of fused-ring (bicyclic) bond motifs is 4. The molecule has 14 heteroatoms. The molecule has 4 atom stereocenters. The SMILES string of the molecule is Cc1cc(N)nc(-c2c(Cl)cc3c(N4CC[C@@H]5CC[C@H](C4)N5)nc(OC[C@@]45CCCN4C[C@H](F)C5)nc3c2F)c1C(F)(F)F. The number of hydrogen-bond donors (Lipinski definition) is 2. The van der Waals surface area contributed by atoms with E-state index < -0.39 is 40.5 Å². The molecule has 6 heterocycles. The Balaban J connectivity index is 1.37. The quantitative estimate of drug-likeness (QED) is 0.346. The molecule has 8 nitrogen and oxygen atoms in total. The Hall–Kier alpha value is -3.03. The maximum atomic E-state index is 16.6. The lowest BCUT2D eigenvalue weighted by Crippen LogP contribution is -2.43. The summed E-state index contributed by atoms with van der Waals surface area (Å²) in [7, 11) is 0. The lowest BCUT2D eigenvalue weighted by molar-refractivity contribution is -0.137. The standard InChI is InChI=1S/C30H33ClF5N7O/c1-15-9-21(37)39-26(23(15)30(34,35)36)22-20(31)10-19-25(24(22)33)40-28(44-14-29-6-2-7-43(29)12-16(32)11-29)41-27(19)42-8-5-17-3-4-18(13-42)38-17/h9-10,16-18,38H,2-8,11-14H2,1H3,(H2,37,39)/t16-,17+,18-,29+/m1/s1. The van der Waals surface area contributed by atoms with Crippen molar-refractivity contribution in [1.82, 2.24) is 25.2 Å². The second-order valence-electron chi connectivity index (χ2n) is 12.6. The molecule has 0 amide bonds. The van der Waals surface area contributed by atoms with Crippen LogP contribution in [0.15, 0.2) is 12.1 Å². The van der Waals surface area contributed by atoms with Crippen LogP contribution in [0.1, 0.15) is 49.7 Å². The first-order chi connectivity index (χ1) is 20.9. The van der Waals surface area contributed by atoms with E-state index in [1.165, 1.54) is 13.0 Å². The smallest absolute Gasteiger partial charge is 0.418 e. The minimum Gasteiger partial charge on any atom is -0.461 e. The number of aromatic nitrogens is 3. The van der Waals surface area contributed by atoms with Crippen LogP contribution in [-0.4, -0.2) is 76.4 Å². The summed E-state index contributed by atoms with van der Waals surface area (Å²) in [5, 5.41) is 3.59. The van der Waals surface area contributed by atoms with E-state index >= 15 is 4.39 Å². The van der Waals surface area contributed by atoms with Crippen molar-refractivity contribution in [3.8, 4) is 17.3 Å². The number of hydrogen-bond acceptors (Lipinski definition) is 8. The van der Waals surface area contributed by atoms with Crippen molar-refractivity contribution < 1.29 is 26.7 Å². The predicted molar refractivity (Wildman–Crippen MR) is 157 cm³/mol. The fourth-order valence-electron chi connectivity index (χ4n) is 7.70. The number of nitrogens with two attached hydrogens (primary N) is 1. The van der Waals surface area contributed by atoms with E-state index in [9.17, 15) is 17.6 Å². The number of rotatable bonds is 5. The zero-order valence-corrected chi connectivity index (χ0v) is 24.9. The van der Waals surface area contributed by atoms with Gasteiger partial charge in [0.15, 0.2) is 5.82 Å². The van der Waals surface area contributed by atoms with Gasteiger partial charge in [0.1, 0.15) is 29.9 Å². The van der Waals surface area contributed by atoms with Gasteiger partial charge in [0.2, 0.25) is 0 Å². The van der Waals surface area contributed by atoms with E-state index in [2.05, 4.69) is 20.2 Å². The molecule has 4 aliphatic heterocycles. The summed E-state index contributed by atoms with van der Waals surface area (Å²) in [6, 6.07) is 2.92. The zero-order chi connectivity index (χ0) is 31.0. The van der Waals surface area contributed by atoms with E-state index in [0.717, 1.165) is 44.7 Å². The lowest BCUT2D eigenvalue weighted by atomic mass is 9.95. The predicted octanol–water partition coefficient (Wildman–Crippen LogP) is 5.68. The van der Waals surface area contributed by atoms with Crippen LogP contribution in [0.3, 0.4) is 0 Å². The van der Waals surface area contributed by atoms with Gasteiger partial charge in [-0.3, -0.25) is 4.90 Å². The Labute approximate surface area is 256 Å². The van der Waals surface area contributed by atoms with Gasteiger partial charge in [-0.15, -0.1) is 0 Å². The van der Waals surface area contributed by atoms with Crippen LogP contribution in [0, 0.1) is 12.7 Å². The highest BCUT2D eigenvalue weighted by molar-refractivity contribution is 6.34. The van der Waals surface area contributed by atoms with Gasteiger partial charge in [-0.25, -0.2) is 13.8 Å². The van der Waals surface area contributed by atoms with Gasteiger partial charge < -0.3 is 20.7 Å². The van der Waals surface area contributed by atoms with Crippen LogP contribution in [0.2, 0.25) is 5.02 Å². The Morgan fingerprint density at radius 3 is 2.70 bits per heavy atom. The van der Waals surface area contributed by atoms with E-state index in [1.807, 2.05) is 4.90 Å². The van der Waals surface area contributed by atoms with Crippen LogP contribution >= 0.6 is 11.6 Å². The van der Waals surface area contributed by atoms with Crippen molar-refractivity contribution in [2.45, 2.75) is 75.4 Å². The van der Waals surface area contributed by atoms with Gasteiger partial charge >= 0.3 is 12.2 Å². The summed E-state index contributed by atoms with van der Waals surface area (Å²) in [4.78, 5) is 17.1. The summed E-state index contributed by atoms with van der Waals surface area (Å²) in [5.74, 6) is -0.900. The minimum atomic E-state index is -4.85. The first-order valence-electron chi connectivity index (χ1n) is 15.0. The molecule has 2 aromatic heterocycles. The number of nitrogens with one attached hydrogen (secondary N) is 1. The van der Waals surface area contributed by atoms with E-state index in [1.54, 1.807) is 0 Å². The third-order valence-corrected chi connectivity index (χ3v) is 9.95. The van der Waals surface area contributed by atoms with Crippen molar-refractivity contribution >= 4 is 34.1 Å². The fraction of sp³-hybridized carbons (Fsp3) is 0.567. The maximum Gasteiger partial charge on any atom is 0.418 e. The monoisotopic (exact) mass is 637 g/mol. The molecule has 3 N–H and O–H groups in total. The molecule has 4 saturated heterocycles. The molecule has 0 radical (unpaired) electrons. The van der Waals surface area contributed by atoms with Crippen molar-refractivity contribution in [2.75, 3.05) is 43.4 Å². The van der Waals surface area contributed by atoms with Crippen LogP contribution in [-0.2, 0) is 6.18 Å². The number of anilines is 2. The number of benzene rings is 1. The molecule has 44 heavy (non-hydrogen) atoms. The number of pyridine rings is 1. The van der Waals surface area contributed by atoms with Crippen molar-refractivity contribution in [3.05, 3.63) is 34.1 Å². The van der Waals surface area contributed by atoms with E-state index in [0.29, 0.717) is 37.9 Å². The second-order valence-corrected chi connectivity index (χ2v) is 13.0. The molecule has 7 rings (SSSR count). The second kappa shape index (κ2) is 10.8. The molecule has 0 saturated carbocycles. The zero-order valence-electron chi connectivity index (χ0n) is 24.2. The van der Waals surface area contributed by atoms with Crippen molar-refractivity contribution in [1.29, 1.82) is 0 Å². The molecular formula is C30H33ClF5N7O. The van der Waals surface area contributed by atoms with Gasteiger partial charge in [-0.05, 0) is 63.3 Å².